The lowest BCUT2D eigenvalue weighted by atomic mass is 9.99. The summed E-state index contributed by atoms with van der Waals surface area (Å²) in [5, 5.41) is 9.78. The minimum Gasteiger partial charge on any atom is -0.443 e. The van der Waals surface area contributed by atoms with E-state index in [-0.39, 0.29) is 24.7 Å². The number of carbonyl (C=O) groups is 3. The van der Waals surface area contributed by atoms with Crippen molar-refractivity contribution in [3.05, 3.63) is 70.9 Å². The normalized spacial score (nSPS) is 17.7. The molecule has 1 atom stereocenters. The average molecular weight is 587 g/mol. The van der Waals surface area contributed by atoms with Crippen molar-refractivity contribution in [1.82, 2.24) is 9.88 Å². The molecule has 5 rings (SSSR count). The SMILES string of the molecule is CC(C)(C)OC(=O)N1CCc2cc(/C=C/c3ccc4nccc(C(=O)CCC(=O)N5CC(F)(F)C[C@H]5C#N)c4c3)ccc21. The van der Waals surface area contributed by atoms with Gasteiger partial charge in [-0.3, -0.25) is 19.5 Å². The van der Waals surface area contributed by atoms with Crippen LogP contribution in [0.5, 0.6) is 0 Å². The van der Waals surface area contributed by atoms with Crippen molar-refractivity contribution in [2.45, 2.75) is 64.0 Å². The molecule has 1 fully saturated rings. The highest BCUT2D eigenvalue weighted by atomic mass is 19.3. The van der Waals surface area contributed by atoms with Crippen LogP contribution < -0.4 is 4.90 Å². The molecule has 2 amide bonds. The van der Waals surface area contributed by atoms with E-state index in [1.54, 1.807) is 17.0 Å². The van der Waals surface area contributed by atoms with Gasteiger partial charge in [-0.25, -0.2) is 13.6 Å². The molecule has 0 aliphatic carbocycles. The third-order valence-electron chi connectivity index (χ3n) is 7.45. The molecular weight excluding hydrogens is 554 g/mol. The molecule has 43 heavy (non-hydrogen) atoms. The standard InChI is InChI=1S/C33H32F2N4O4/c1-32(2,3)43-31(42)38-15-13-23-16-21(7-9-28(23)38)4-5-22-6-8-27-26(17-22)25(12-14-37-27)29(40)10-11-30(41)39-20-33(34,35)18-24(39)19-36/h4-9,12,14,16-17,24H,10-11,13,15,18,20H2,1-3H3/b5-4+/t24-/m0/s1. The van der Waals surface area contributed by atoms with Crippen LogP contribution in [0.25, 0.3) is 23.1 Å². The molecule has 222 valence electrons. The second-order valence-electron chi connectivity index (χ2n) is 11.9. The highest BCUT2D eigenvalue weighted by Crippen LogP contribution is 2.33. The van der Waals surface area contributed by atoms with Gasteiger partial charge in [0.2, 0.25) is 5.91 Å². The summed E-state index contributed by atoms with van der Waals surface area (Å²) < 4.78 is 33.0. The molecule has 0 bridgehead atoms. The van der Waals surface area contributed by atoms with Gasteiger partial charge in [0.05, 0.1) is 23.8 Å². The quantitative estimate of drug-likeness (QED) is 0.244. The lowest BCUT2D eigenvalue weighted by Crippen LogP contribution is -2.36. The zero-order valence-corrected chi connectivity index (χ0v) is 24.3. The number of amides is 2. The summed E-state index contributed by atoms with van der Waals surface area (Å²) in [6, 6.07) is 13.6. The predicted molar refractivity (Wildman–Crippen MR) is 159 cm³/mol. The number of alkyl halides is 2. The number of halogens is 2. The lowest BCUT2D eigenvalue weighted by molar-refractivity contribution is -0.132. The molecule has 0 saturated carbocycles. The number of likely N-dealkylation sites (tertiary alicyclic amines) is 1. The van der Waals surface area contributed by atoms with Crippen LogP contribution in [-0.2, 0) is 16.0 Å². The predicted octanol–water partition coefficient (Wildman–Crippen LogP) is 6.43. The van der Waals surface area contributed by atoms with Gasteiger partial charge in [0.1, 0.15) is 11.6 Å². The maximum absolute atomic E-state index is 13.7. The highest BCUT2D eigenvalue weighted by molar-refractivity contribution is 6.08. The summed E-state index contributed by atoms with van der Waals surface area (Å²) in [5.74, 6) is -4.05. The van der Waals surface area contributed by atoms with Crippen LogP contribution in [0.4, 0.5) is 19.3 Å². The van der Waals surface area contributed by atoms with Gasteiger partial charge in [0.25, 0.3) is 5.92 Å². The van der Waals surface area contributed by atoms with E-state index in [1.807, 2.05) is 69.3 Å². The first-order valence-electron chi connectivity index (χ1n) is 14.1. The Bertz CT molecular complexity index is 1670. The number of anilines is 1. The number of fused-ring (bicyclic) bond motifs is 2. The summed E-state index contributed by atoms with van der Waals surface area (Å²) in [6.07, 6.45) is 4.62. The number of hydrogen-bond acceptors (Lipinski definition) is 6. The van der Waals surface area contributed by atoms with E-state index in [0.717, 1.165) is 33.7 Å². The second kappa shape index (κ2) is 11.6. The van der Waals surface area contributed by atoms with Crippen LogP contribution in [0.15, 0.2) is 48.7 Å². The fourth-order valence-corrected chi connectivity index (χ4v) is 5.43. The monoisotopic (exact) mass is 586 g/mol. The third kappa shape index (κ3) is 6.72. The average Bonchev–Trinajstić information content (AvgIpc) is 3.53. The summed E-state index contributed by atoms with van der Waals surface area (Å²) in [7, 11) is 0. The van der Waals surface area contributed by atoms with Crippen molar-refractivity contribution in [2.24, 2.45) is 0 Å². The molecule has 10 heteroatoms. The fraction of sp³-hybridized carbons (Fsp3) is 0.364. The van der Waals surface area contributed by atoms with Gasteiger partial charge in [-0.05, 0) is 74.2 Å². The van der Waals surface area contributed by atoms with E-state index in [0.29, 0.717) is 23.0 Å². The topological polar surface area (TPSA) is 104 Å². The number of ether oxygens (including phenoxy) is 1. The number of aromatic nitrogens is 1. The minimum absolute atomic E-state index is 0.173. The van der Waals surface area contributed by atoms with Gasteiger partial charge in [-0.2, -0.15) is 5.26 Å². The first-order valence-corrected chi connectivity index (χ1v) is 14.1. The zero-order valence-electron chi connectivity index (χ0n) is 24.3. The molecule has 0 unspecified atom stereocenters. The van der Waals surface area contributed by atoms with Crippen molar-refractivity contribution in [3.8, 4) is 6.07 Å². The van der Waals surface area contributed by atoms with Crippen molar-refractivity contribution in [2.75, 3.05) is 18.0 Å². The van der Waals surface area contributed by atoms with Crippen LogP contribution in [-0.4, -0.2) is 58.3 Å². The van der Waals surface area contributed by atoms with E-state index in [9.17, 15) is 23.2 Å². The zero-order chi connectivity index (χ0) is 30.9. The van der Waals surface area contributed by atoms with Gasteiger partial charge in [-0.15, -0.1) is 0 Å². The molecule has 3 heterocycles. The number of nitrogens with zero attached hydrogens (tertiary/aromatic N) is 4. The molecule has 1 saturated heterocycles. The van der Waals surface area contributed by atoms with E-state index >= 15 is 0 Å². The Balaban J connectivity index is 1.29. The first kappa shape index (κ1) is 29.8. The minimum atomic E-state index is -3.11. The largest absolute Gasteiger partial charge is 0.443 e. The van der Waals surface area contributed by atoms with Crippen LogP contribution >= 0.6 is 0 Å². The maximum Gasteiger partial charge on any atom is 0.414 e. The Morgan fingerprint density at radius 2 is 1.81 bits per heavy atom. The van der Waals surface area contributed by atoms with Gasteiger partial charge in [-0.1, -0.05) is 24.3 Å². The lowest BCUT2D eigenvalue weighted by Gasteiger charge is -2.24. The van der Waals surface area contributed by atoms with Gasteiger partial charge >= 0.3 is 6.09 Å². The fourth-order valence-electron chi connectivity index (χ4n) is 5.43. The van der Waals surface area contributed by atoms with Gasteiger partial charge < -0.3 is 9.64 Å². The molecule has 2 aromatic carbocycles. The molecule has 1 aromatic heterocycles. The summed E-state index contributed by atoms with van der Waals surface area (Å²) >= 11 is 0. The van der Waals surface area contributed by atoms with Crippen LogP contribution in [0.1, 0.15) is 67.1 Å². The second-order valence-corrected chi connectivity index (χ2v) is 11.9. The van der Waals surface area contributed by atoms with E-state index in [4.69, 9.17) is 10.00 Å². The number of pyridine rings is 1. The van der Waals surface area contributed by atoms with E-state index in [1.165, 1.54) is 6.20 Å². The number of Topliss-reactive ketones (excluding diaryl/α,β-unsaturated/α-hetero) is 1. The number of hydrogen-bond donors (Lipinski definition) is 0. The van der Waals surface area contributed by atoms with E-state index < -0.39 is 36.4 Å². The molecule has 0 spiro atoms. The maximum atomic E-state index is 13.7. The van der Waals surface area contributed by atoms with Crippen molar-refractivity contribution in [3.63, 3.8) is 0 Å². The van der Waals surface area contributed by atoms with Crippen molar-refractivity contribution < 1.29 is 27.9 Å². The van der Waals surface area contributed by atoms with E-state index in [2.05, 4.69) is 4.98 Å². The van der Waals surface area contributed by atoms with Crippen LogP contribution in [0.2, 0.25) is 0 Å². The first-order chi connectivity index (χ1) is 20.3. The number of carbonyl (C=O) groups excluding carboxylic acids is 3. The number of ketones is 1. The summed E-state index contributed by atoms with van der Waals surface area (Å²) in [6.45, 7) is 5.27. The number of benzene rings is 2. The highest BCUT2D eigenvalue weighted by Gasteiger charge is 2.47. The van der Waals surface area contributed by atoms with Gasteiger partial charge in [0, 0.05) is 43.0 Å². The van der Waals surface area contributed by atoms with Crippen molar-refractivity contribution >= 4 is 46.5 Å². The van der Waals surface area contributed by atoms with Gasteiger partial charge in [0.15, 0.2) is 5.78 Å². The summed E-state index contributed by atoms with van der Waals surface area (Å²) in [4.78, 5) is 45.2. The Morgan fingerprint density at radius 1 is 1.09 bits per heavy atom. The number of nitriles is 1. The van der Waals surface area contributed by atoms with Crippen LogP contribution in [0, 0.1) is 11.3 Å². The van der Waals surface area contributed by atoms with Crippen molar-refractivity contribution in [1.29, 1.82) is 5.26 Å². The molecule has 0 N–H and O–H groups in total. The van der Waals surface area contributed by atoms with Crippen LogP contribution in [0.3, 0.4) is 0 Å². The molecule has 0 radical (unpaired) electrons. The molecule has 8 nitrogen and oxygen atoms in total. The Morgan fingerprint density at radius 3 is 2.53 bits per heavy atom. The molecule has 2 aliphatic heterocycles. The molecule has 2 aliphatic rings. The Kier molecular flexibility index (Phi) is 8.02. The Hall–Kier alpha value is -4.65. The molecule has 3 aromatic rings. The Labute approximate surface area is 248 Å². The summed E-state index contributed by atoms with van der Waals surface area (Å²) in [5.41, 5.74) is 4.10. The third-order valence-corrected chi connectivity index (χ3v) is 7.45. The smallest absolute Gasteiger partial charge is 0.414 e. The number of rotatable bonds is 6. The molecular formula is C33H32F2N4O4.